The van der Waals surface area contributed by atoms with Crippen LogP contribution in [0.25, 0.3) is 0 Å². The molecule has 0 radical (unpaired) electrons. The highest BCUT2D eigenvalue weighted by atomic mass is 19.1. The van der Waals surface area contributed by atoms with Crippen molar-refractivity contribution in [1.29, 1.82) is 0 Å². The molecule has 1 saturated carbocycles. The second kappa shape index (κ2) is 7.25. The number of amides is 2. The lowest BCUT2D eigenvalue weighted by molar-refractivity contribution is 0.172. The van der Waals surface area contributed by atoms with Gasteiger partial charge in [0.05, 0.1) is 18.3 Å². The smallest absolute Gasteiger partial charge is 0.318 e. The van der Waals surface area contributed by atoms with Crippen molar-refractivity contribution in [2.45, 2.75) is 58.2 Å². The van der Waals surface area contributed by atoms with Crippen LogP contribution < -0.4 is 5.32 Å². The summed E-state index contributed by atoms with van der Waals surface area (Å²) in [4.78, 5) is 14.4. The van der Waals surface area contributed by atoms with Crippen LogP contribution >= 0.6 is 0 Å². The Morgan fingerprint density at radius 3 is 2.68 bits per heavy atom. The van der Waals surface area contributed by atoms with E-state index in [1.807, 2.05) is 26.8 Å². The fourth-order valence-electron chi connectivity index (χ4n) is 2.91. The third-order valence-corrected chi connectivity index (χ3v) is 4.53. The van der Waals surface area contributed by atoms with Crippen LogP contribution in [-0.4, -0.2) is 22.1 Å². The average Bonchev–Trinajstić information content (AvgIpc) is 3.29. The number of aromatic nitrogens is 1. The molecule has 0 aliphatic heterocycles. The highest BCUT2D eigenvalue weighted by Gasteiger charge is 2.37. The maximum absolute atomic E-state index is 14.1. The van der Waals surface area contributed by atoms with E-state index in [0.717, 1.165) is 18.5 Å². The Morgan fingerprint density at radius 1 is 1.36 bits per heavy atom. The minimum absolute atomic E-state index is 0.163. The SMILES string of the molecule is CC(C)c1cc(CNC(=O)N(C2CC2)C(C)c2ccccc2F)on1. The van der Waals surface area contributed by atoms with Gasteiger partial charge in [0.25, 0.3) is 0 Å². The summed E-state index contributed by atoms with van der Waals surface area (Å²) in [6.45, 7) is 6.20. The number of hydrogen-bond donors (Lipinski definition) is 1. The van der Waals surface area contributed by atoms with Crippen molar-refractivity contribution >= 4 is 6.03 Å². The first-order valence-corrected chi connectivity index (χ1v) is 8.73. The minimum atomic E-state index is -0.324. The van der Waals surface area contributed by atoms with E-state index in [9.17, 15) is 9.18 Å². The van der Waals surface area contributed by atoms with Gasteiger partial charge < -0.3 is 14.7 Å². The molecule has 1 aromatic heterocycles. The second-order valence-corrected chi connectivity index (χ2v) is 6.87. The summed E-state index contributed by atoms with van der Waals surface area (Å²) in [6.07, 6.45) is 1.90. The Morgan fingerprint density at radius 2 is 2.08 bits per heavy atom. The average molecular weight is 345 g/mol. The van der Waals surface area contributed by atoms with Gasteiger partial charge in [-0.1, -0.05) is 37.2 Å². The Bertz CT molecular complexity index is 740. The summed E-state index contributed by atoms with van der Waals surface area (Å²) in [7, 11) is 0. The Hall–Kier alpha value is -2.37. The van der Waals surface area contributed by atoms with Gasteiger partial charge >= 0.3 is 6.03 Å². The van der Waals surface area contributed by atoms with Crippen LogP contribution in [0.4, 0.5) is 9.18 Å². The topological polar surface area (TPSA) is 58.4 Å². The fraction of sp³-hybridized carbons (Fsp3) is 0.474. The molecule has 25 heavy (non-hydrogen) atoms. The van der Waals surface area contributed by atoms with Crippen molar-refractivity contribution in [1.82, 2.24) is 15.4 Å². The molecule has 1 aliphatic carbocycles. The lowest BCUT2D eigenvalue weighted by Crippen LogP contribution is -2.42. The predicted octanol–water partition coefficient (Wildman–Crippen LogP) is 4.37. The Kier molecular flexibility index (Phi) is 5.06. The number of nitrogens with zero attached hydrogens (tertiary/aromatic N) is 2. The molecular weight excluding hydrogens is 321 g/mol. The first kappa shape index (κ1) is 17.5. The number of carbonyl (C=O) groups excluding carboxylic acids is 1. The van der Waals surface area contributed by atoms with E-state index in [1.54, 1.807) is 23.1 Å². The molecule has 2 amide bonds. The molecule has 1 unspecified atom stereocenters. The van der Waals surface area contributed by atoms with Crippen LogP contribution in [0.1, 0.15) is 62.6 Å². The lowest BCUT2D eigenvalue weighted by Gasteiger charge is -2.30. The molecule has 0 saturated heterocycles. The van der Waals surface area contributed by atoms with Gasteiger partial charge in [0.15, 0.2) is 5.76 Å². The van der Waals surface area contributed by atoms with E-state index < -0.39 is 0 Å². The molecule has 0 bridgehead atoms. The van der Waals surface area contributed by atoms with Crippen LogP contribution in [0.5, 0.6) is 0 Å². The van der Waals surface area contributed by atoms with Gasteiger partial charge in [0.1, 0.15) is 5.82 Å². The maximum atomic E-state index is 14.1. The lowest BCUT2D eigenvalue weighted by atomic mass is 10.1. The van der Waals surface area contributed by atoms with Crippen LogP contribution in [0.3, 0.4) is 0 Å². The van der Waals surface area contributed by atoms with Crippen molar-refractivity contribution in [3.8, 4) is 0 Å². The summed E-state index contributed by atoms with van der Waals surface area (Å²) in [6, 6.07) is 8.09. The summed E-state index contributed by atoms with van der Waals surface area (Å²) < 4.78 is 19.3. The van der Waals surface area contributed by atoms with Crippen LogP contribution in [0, 0.1) is 5.82 Å². The van der Waals surface area contributed by atoms with Gasteiger partial charge in [0, 0.05) is 17.7 Å². The number of halogens is 1. The van der Waals surface area contributed by atoms with Gasteiger partial charge in [-0.15, -0.1) is 0 Å². The molecule has 1 heterocycles. The summed E-state index contributed by atoms with van der Waals surface area (Å²) in [5, 5.41) is 6.86. The number of nitrogens with one attached hydrogen (secondary N) is 1. The zero-order valence-electron chi connectivity index (χ0n) is 14.8. The first-order chi connectivity index (χ1) is 12.0. The van der Waals surface area contributed by atoms with Crippen LogP contribution in [0.15, 0.2) is 34.9 Å². The Labute approximate surface area is 147 Å². The van der Waals surface area contributed by atoms with Crippen LogP contribution in [0.2, 0.25) is 0 Å². The highest BCUT2D eigenvalue weighted by Crippen LogP contribution is 2.35. The third kappa shape index (κ3) is 4.00. The van der Waals surface area contributed by atoms with Crippen molar-refractivity contribution in [3.63, 3.8) is 0 Å². The molecule has 2 aromatic rings. The van der Waals surface area contributed by atoms with E-state index in [4.69, 9.17) is 4.52 Å². The third-order valence-electron chi connectivity index (χ3n) is 4.53. The van der Waals surface area contributed by atoms with E-state index in [2.05, 4.69) is 10.5 Å². The molecule has 1 N–H and O–H groups in total. The van der Waals surface area contributed by atoms with Gasteiger partial charge in [-0.3, -0.25) is 0 Å². The fourth-order valence-corrected chi connectivity index (χ4v) is 2.91. The normalized spacial score (nSPS) is 15.2. The van der Waals surface area contributed by atoms with Crippen molar-refractivity contribution < 1.29 is 13.7 Å². The first-order valence-electron chi connectivity index (χ1n) is 8.73. The molecule has 1 aliphatic rings. The molecule has 0 spiro atoms. The predicted molar refractivity (Wildman–Crippen MR) is 92.5 cm³/mol. The minimum Gasteiger partial charge on any atom is -0.359 e. The largest absolute Gasteiger partial charge is 0.359 e. The Balaban J connectivity index is 1.68. The number of benzene rings is 1. The van der Waals surface area contributed by atoms with E-state index >= 15 is 0 Å². The van der Waals surface area contributed by atoms with E-state index in [-0.39, 0.29) is 36.4 Å². The number of rotatable bonds is 6. The number of urea groups is 1. The number of hydrogen-bond acceptors (Lipinski definition) is 3. The summed E-state index contributed by atoms with van der Waals surface area (Å²) >= 11 is 0. The van der Waals surface area contributed by atoms with Crippen molar-refractivity contribution in [2.24, 2.45) is 0 Å². The van der Waals surface area contributed by atoms with Gasteiger partial charge in [-0.2, -0.15) is 0 Å². The van der Waals surface area contributed by atoms with E-state index in [0.29, 0.717) is 11.3 Å². The summed E-state index contributed by atoms with van der Waals surface area (Å²) in [5.41, 5.74) is 1.40. The maximum Gasteiger partial charge on any atom is 0.318 e. The molecular formula is C19H24FN3O2. The summed E-state index contributed by atoms with van der Waals surface area (Å²) in [5.74, 6) is 0.605. The van der Waals surface area contributed by atoms with Gasteiger partial charge in [-0.25, -0.2) is 9.18 Å². The molecule has 1 atom stereocenters. The zero-order valence-corrected chi connectivity index (χ0v) is 14.8. The standard InChI is InChI=1S/C19H24FN3O2/c1-12(2)18-10-15(25-22-18)11-21-19(24)23(14-8-9-14)13(3)16-6-4-5-7-17(16)20/h4-7,10,12-14H,8-9,11H2,1-3H3,(H,21,24). The molecule has 1 fully saturated rings. The zero-order chi connectivity index (χ0) is 18.0. The molecule has 5 nitrogen and oxygen atoms in total. The highest BCUT2D eigenvalue weighted by molar-refractivity contribution is 5.75. The molecule has 3 rings (SSSR count). The van der Waals surface area contributed by atoms with Crippen LogP contribution in [-0.2, 0) is 6.54 Å². The van der Waals surface area contributed by atoms with Crippen molar-refractivity contribution in [2.75, 3.05) is 0 Å². The molecule has 6 heteroatoms. The number of carbonyl (C=O) groups is 1. The molecule has 134 valence electrons. The monoisotopic (exact) mass is 345 g/mol. The second-order valence-electron chi connectivity index (χ2n) is 6.87. The molecule has 1 aromatic carbocycles. The quantitative estimate of drug-likeness (QED) is 0.845. The van der Waals surface area contributed by atoms with Gasteiger partial charge in [-0.05, 0) is 31.7 Å². The van der Waals surface area contributed by atoms with Crippen molar-refractivity contribution in [3.05, 3.63) is 53.2 Å². The van der Waals surface area contributed by atoms with E-state index in [1.165, 1.54) is 6.07 Å². The van der Waals surface area contributed by atoms with Gasteiger partial charge in [0.2, 0.25) is 0 Å².